The predicted octanol–water partition coefficient (Wildman–Crippen LogP) is 2.28. The first-order valence-corrected chi connectivity index (χ1v) is 6.49. The van der Waals surface area contributed by atoms with Crippen LogP contribution in [0, 0.1) is 5.82 Å². The van der Waals surface area contributed by atoms with Gasteiger partial charge in [0.25, 0.3) is 0 Å². The Morgan fingerprint density at radius 3 is 2.72 bits per heavy atom. The van der Waals surface area contributed by atoms with Crippen LogP contribution in [0.3, 0.4) is 0 Å². The van der Waals surface area contributed by atoms with E-state index in [0.29, 0.717) is 19.8 Å². The molecule has 1 aliphatic rings. The van der Waals surface area contributed by atoms with Crippen LogP contribution >= 0.6 is 0 Å². The molecule has 0 radical (unpaired) electrons. The van der Waals surface area contributed by atoms with E-state index in [-0.39, 0.29) is 18.0 Å². The molecule has 1 aliphatic heterocycles. The molecule has 0 aromatic heterocycles. The summed E-state index contributed by atoms with van der Waals surface area (Å²) in [5, 5.41) is 3.45. The highest BCUT2D eigenvalue weighted by Gasteiger charge is 2.25. The molecule has 1 heterocycles. The van der Waals surface area contributed by atoms with Gasteiger partial charge in [-0.2, -0.15) is 0 Å². The standard InChI is InChI=1S/C14H20FNO2/c1-2-7-16-14(13-10-17-8-9-18-13)11-3-5-12(15)6-4-11/h3-6,13-14,16H,2,7-10H2,1H3. The first-order valence-electron chi connectivity index (χ1n) is 6.49. The van der Waals surface area contributed by atoms with Crippen molar-refractivity contribution in [2.24, 2.45) is 0 Å². The van der Waals surface area contributed by atoms with Crippen molar-refractivity contribution in [3.8, 4) is 0 Å². The lowest BCUT2D eigenvalue weighted by atomic mass is 10.0. The second-order valence-electron chi connectivity index (χ2n) is 4.47. The minimum absolute atomic E-state index is 0.00392. The molecule has 0 saturated carbocycles. The van der Waals surface area contributed by atoms with Crippen LogP contribution in [-0.2, 0) is 9.47 Å². The van der Waals surface area contributed by atoms with Crippen molar-refractivity contribution in [1.82, 2.24) is 5.32 Å². The van der Waals surface area contributed by atoms with E-state index in [4.69, 9.17) is 9.47 Å². The zero-order valence-corrected chi connectivity index (χ0v) is 10.7. The summed E-state index contributed by atoms with van der Waals surface area (Å²) in [5.41, 5.74) is 1.04. The minimum Gasteiger partial charge on any atom is -0.376 e. The Balaban J connectivity index is 2.10. The van der Waals surface area contributed by atoms with Gasteiger partial charge in [-0.05, 0) is 30.7 Å². The van der Waals surface area contributed by atoms with Gasteiger partial charge in [0.05, 0.1) is 25.9 Å². The summed E-state index contributed by atoms with van der Waals surface area (Å²) in [6, 6.07) is 6.64. The van der Waals surface area contributed by atoms with Crippen LogP contribution in [0.25, 0.3) is 0 Å². The van der Waals surface area contributed by atoms with Crippen LogP contribution in [0.2, 0.25) is 0 Å². The molecule has 4 heteroatoms. The van der Waals surface area contributed by atoms with E-state index in [1.807, 2.05) is 0 Å². The maximum absolute atomic E-state index is 13.0. The van der Waals surface area contributed by atoms with Crippen molar-refractivity contribution in [3.63, 3.8) is 0 Å². The lowest BCUT2D eigenvalue weighted by molar-refractivity contribution is -0.102. The number of benzene rings is 1. The van der Waals surface area contributed by atoms with E-state index >= 15 is 0 Å². The average molecular weight is 253 g/mol. The van der Waals surface area contributed by atoms with E-state index in [1.54, 1.807) is 12.1 Å². The Labute approximate surface area is 107 Å². The lowest BCUT2D eigenvalue weighted by Crippen LogP contribution is -2.40. The number of rotatable bonds is 5. The zero-order valence-electron chi connectivity index (χ0n) is 10.7. The fourth-order valence-corrected chi connectivity index (χ4v) is 2.13. The Hall–Kier alpha value is -0.970. The number of hydrogen-bond acceptors (Lipinski definition) is 3. The quantitative estimate of drug-likeness (QED) is 0.873. The van der Waals surface area contributed by atoms with Crippen molar-refractivity contribution in [2.45, 2.75) is 25.5 Å². The molecule has 1 saturated heterocycles. The van der Waals surface area contributed by atoms with Gasteiger partial charge in [0.1, 0.15) is 11.9 Å². The number of hydrogen-bond donors (Lipinski definition) is 1. The topological polar surface area (TPSA) is 30.5 Å². The summed E-state index contributed by atoms with van der Waals surface area (Å²) in [6.07, 6.45) is 1.04. The van der Waals surface area contributed by atoms with Crippen molar-refractivity contribution < 1.29 is 13.9 Å². The fraction of sp³-hybridized carbons (Fsp3) is 0.571. The Bertz CT molecular complexity index is 349. The second-order valence-corrected chi connectivity index (χ2v) is 4.47. The smallest absolute Gasteiger partial charge is 0.123 e. The van der Waals surface area contributed by atoms with Crippen LogP contribution in [0.5, 0.6) is 0 Å². The van der Waals surface area contributed by atoms with Crippen LogP contribution in [0.1, 0.15) is 24.9 Å². The third kappa shape index (κ3) is 3.51. The summed E-state index contributed by atoms with van der Waals surface area (Å²) in [5.74, 6) is -0.214. The highest BCUT2D eigenvalue weighted by atomic mass is 19.1. The van der Waals surface area contributed by atoms with Gasteiger partial charge in [-0.15, -0.1) is 0 Å². The molecule has 100 valence electrons. The third-order valence-corrected chi connectivity index (χ3v) is 3.06. The summed E-state index contributed by atoms with van der Waals surface area (Å²) >= 11 is 0. The van der Waals surface area contributed by atoms with E-state index in [0.717, 1.165) is 18.5 Å². The molecule has 0 spiro atoms. The van der Waals surface area contributed by atoms with Crippen molar-refractivity contribution >= 4 is 0 Å². The second kappa shape index (κ2) is 6.83. The largest absolute Gasteiger partial charge is 0.376 e. The minimum atomic E-state index is -0.214. The summed E-state index contributed by atoms with van der Waals surface area (Å²) < 4.78 is 24.2. The molecule has 1 fully saturated rings. The van der Waals surface area contributed by atoms with Crippen LogP contribution in [0.15, 0.2) is 24.3 Å². The molecule has 0 amide bonds. The molecule has 2 rings (SSSR count). The fourth-order valence-electron chi connectivity index (χ4n) is 2.13. The number of halogens is 1. The van der Waals surface area contributed by atoms with E-state index < -0.39 is 0 Å². The molecule has 18 heavy (non-hydrogen) atoms. The summed E-state index contributed by atoms with van der Waals surface area (Å²) in [4.78, 5) is 0. The van der Waals surface area contributed by atoms with E-state index in [9.17, 15) is 4.39 Å². The monoisotopic (exact) mass is 253 g/mol. The summed E-state index contributed by atoms with van der Waals surface area (Å²) in [7, 11) is 0. The number of nitrogens with one attached hydrogen (secondary N) is 1. The molecule has 2 unspecified atom stereocenters. The van der Waals surface area contributed by atoms with Gasteiger partial charge >= 0.3 is 0 Å². The molecule has 1 aromatic carbocycles. The Morgan fingerprint density at radius 1 is 1.33 bits per heavy atom. The molecule has 3 nitrogen and oxygen atoms in total. The van der Waals surface area contributed by atoms with Crippen LogP contribution in [0.4, 0.5) is 4.39 Å². The van der Waals surface area contributed by atoms with E-state index in [1.165, 1.54) is 12.1 Å². The lowest BCUT2D eigenvalue weighted by Gasteiger charge is -2.31. The summed E-state index contributed by atoms with van der Waals surface area (Å²) in [6.45, 7) is 4.88. The SMILES string of the molecule is CCCNC(c1ccc(F)cc1)C1COCCO1. The molecule has 0 bridgehead atoms. The first kappa shape index (κ1) is 13.5. The van der Waals surface area contributed by atoms with E-state index in [2.05, 4.69) is 12.2 Å². The van der Waals surface area contributed by atoms with Gasteiger partial charge in [-0.25, -0.2) is 4.39 Å². The zero-order chi connectivity index (χ0) is 12.8. The van der Waals surface area contributed by atoms with Crippen molar-refractivity contribution in [1.29, 1.82) is 0 Å². The van der Waals surface area contributed by atoms with Gasteiger partial charge < -0.3 is 14.8 Å². The Morgan fingerprint density at radius 2 is 2.11 bits per heavy atom. The van der Waals surface area contributed by atoms with Gasteiger partial charge in [0, 0.05) is 0 Å². The molecular formula is C14H20FNO2. The predicted molar refractivity (Wildman–Crippen MR) is 68.0 cm³/mol. The molecule has 2 atom stereocenters. The van der Waals surface area contributed by atoms with Gasteiger partial charge in [-0.3, -0.25) is 0 Å². The van der Waals surface area contributed by atoms with Crippen molar-refractivity contribution in [3.05, 3.63) is 35.6 Å². The normalized spacial score (nSPS) is 21.8. The van der Waals surface area contributed by atoms with Gasteiger partial charge in [0.2, 0.25) is 0 Å². The maximum atomic E-state index is 13.0. The Kier molecular flexibility index (Phi) is 5.11. The van der Waals surface area contributed by atoms with Crippen LogP contribution < -0.4 is 5.32 Å². The highest BCUT2D eigenvalue weighted by Crippen LogP contribution is 2.22. The van der Waals surface area contributed by atoms with Crippen LogP contribution in [-0.4, -0.2) is 32.5 Å². The first-order chi connectivity index (χ1) is 8.81. The average Bonchev–Trinajstić information content (AvgIpc) is 2.42. The molecule has 1 aromatic rings. The third-order valence-electron chi connectivity index (χ3n) is 3.06. The highest BCUT2D eigenvalue weighted by molar-refractivity contribution is 5.21. The molecule has 1 N–H and O–H groups in total. The molecule has 0 aliphatic carbocycles. The van der Waals surface area contributed by atoms with Gasteiger partial charge in [-0.1, -0.05) is 19.1 Å². The molecular weight excluding hydrogens is 233 g/mol. The maximum Gasteiger partial charge on any atom is 0.123 e. The number of ether oxygens (including phenoxy) is 2. The van der Waals surface area contributed by atoms with Gasteiger partial charge in [0.15, 0.2) is 0 Å². The van der Waals surface area contributed by atoms with Crippen molar-refractivity contribution in [2.75, 3.05) is 26.4 Å².